The zero-order valence-electron chi connectivity index (χ0n) is 13.4. The van der Waals surface area contributed by atoms with Crippen LogP contribution in [0.2, 0.25) is 0 Å². The summed E-state index contributed by atoms with van der Waals surface area (Å²) < 4.78 is 3.87. The molecule has 0 aliphatic heterocycles. The lowest BCUT2D eigenvalue weighted by Crippen LogP contribution is -2.29. The van der Waals surface area contributed by atoms with Crippen molar-refractivity contribution in [3.63, 3.8) is 0 Å². The third-order valence-electron chi connectivity index (χ3n) is 3.57. The van der Waals surface area contributed by atoms with E-state index in [9.17, 15) is 9.59 Å². The Morgan fingerprint density at radius 1 is 1.36 bits per heavy atom. The third kappa shape index (κ3) is 3.31. The minimum absolute atomic E-state index is 0.275. The number of fused-ring (bicyclic) bond motifs is 1. The van der Waals surface area contributed by atoms with Crippen LogP contribution in [-0.2, 0) is 13.6 Å². The molecular formula is C16H15BrN6O2. The van der Waals surface area contributed by atoms with E-state index in [1.54, 1.807) is 23.9 Å². The summed E-state index contributed by atoms with van der Waals surface area (Å²) in [5, 5.41) is 4.15. The predicted octanol–water partition coefficient (Wildman–Crippen LogP) is 1.82. The first-order valence-electron chi connectivity index (χ1n) is 7.36. The molecule has 1 aromatic carbocycles. The summed E-state index contributed by atoms with van der Waals surface area (Å²) in [6.07, 6.45) is 3.27. The van der Waals surface area contributed by atoms with Gasteiger partial charge < -0.3 is 0 Å². The standard InChI is InChI=1S/C16H15BrN6O2/c1-3-8-23-12-13(22(2)16(25)20-14(12)24)19-15(23)21-18-9-10-4-6-11(17)7-5-10/h3-7,9H,1,8H2,2H3,(H,19,21)(H,20,24,25). The SMILES string of the molecule is C=CCn1c(NN=Cc2ccc(Br)cc2)nc2c1c(=O)[nH]c(=O)n2C. The summed E-state index contributed by atoms with van der Waals surface area (Å²) in [4.78, 5) is 30.5. The van der Waals surface area contributed by atoms with Gasteiger partial charge in [-0.05, 0) is 17.7 Å². The molecule has 0 spiro atoms. The van der Waals surface area contributed by atoms with E-state index in [2.05, 4.69) is 43.0 Å². The predicted molar refractivity (Wildman–Crippen MR) is 101 cm³/mol. The highest BCUT2D eigenvalue weighted by atomic mass is 79.9. The Kier molecular flexibility index (Phi) is 4.66. The molecule has 9 heteroatoms. The first-order chi connectivity index (χ1) is 12.0. The molecule has 0 bridgehead atoms. The van der Waals surface area contributed by atoms with E-state index < -0.39 is 11.2 Å². The van der Waals surface area contributed by atoms with E-state index in [0.29, 0.717) is 12.5 Å². The molecule has 2 heterocycles. The molecule has 128 valence electrons. The molecule has 0 saturated carbocycles. The van der Waals surface area contributed by atoms with E-state index >= 15 is 0 Å². The first kappa shape index (κ1) is 16.9. The molecule has 0 saturated heterocycles. The smallest absolute Gasteiger partial charge is 0.299 e. The lowest BCUT2D eigenvalue weighted by atomic mass is 10.2. The number of hydrogen-bond acceptors (Lipinski definition) is 5. The molecule has 25 heavy (non-hydrogen) atoms. The molecule has 2 aromatic heterocycles. The van der Waals surface area contributed by atoms with Crippen molar-refractivity contribution in [1.82, 2.24) is 19.1 Å². The maximum Gasteiger partial charge on any atom is 0.329 e. The van der Waals surface area contributed by atoms with Crippen molar-refractivity contribution in [2.45, 2.75) is 6.54 Å². The monoisotopic (exact) mass is 402 g/mol. The topological polar surface area (TPSA) is 97.1 Å². The molecule has 0 unspecified atom stereocenters. The van der Waals surface area contributed by atoms with Gasteiger partial charge in [0.15, 0.2) is 11.2 Å². The Hall–Kier alpha value is -2.94. The van der Waals surface area contributed by atoms with Crippen molar-refractivity contribution in [3.8, 4) is 0 Å². The van der Waals surface area contributed by atoms with Crippen LogP contribution in [0.15, 0.2) is 56.1 Å². The largest absolute Gasteiger partial charge is 0.329 e. The summed E-state index contributed by atoms with van der Waals surface area (Å²) >= 11 is 3.37. The number of aromatic nitrogens is 4. The van der Waals surface area contributed by atoms with Gasteiger partial charge in [-0.1, -0.05) is 34.1 Å². The van der Waals surface area contributed by atoms with Gasteiger partial charge in [0, 0.05) is 18.1 Å². The number of hydrazone groups is 1. The quantitative estimate of drug-likeness (QED) is 0.386. The van der Waals surface area contributed by atoms with Crippen LogP contribution < -0.4 is 16.7 Å². The Labute approximate surface area is 150 Å². The number of imidazole rings is 1. The van der Waals surface area contributed by atoms with E-state index in [1.165, 1.54) is 4.57 Å². The normalized spacial score (nSPS) is 11.3. The number of benzene rings is 1. The fourth-order valence-electron chi connectivity index (χ4n) is 2.34. The maximum atomic E-state index is 12.2. The number of aromatic amines is 1. The highest BCUT2D eigenvalue weighted by molar-refractivity contribution is 9.10. The minimum atomic E-state index is -0.523. The molecule has 0 aliphatic rings. The van der Waals surface area contributed by atoms with Crippen molar-refractivity contribution in [1.29, 1.82) is 0 Å². The van der Waals surface area contributed by atoms with Crippen molar-refractivity contribution in [2.24, 2.45) is 12.1 Å². The number of halogens is 1. The van der Waals surface area contributed by atoms with Gasteiger partial charge >= 0.3 is 5.69 Å². The second-order valence-electron chi connectivity index (χ2n) is 5.25. The van der Waals surface area contributed by atoms with Crippen molar-refractivity contribution in [2.75, 3.05) is 5.43 Å². The number of nitrogens with zero attached hydrogens (tertiary/aromatic N) is 4. The molecular weight excluding hydrogens is 388 g/mol. The average Bonchev–Trinajstić information content (AvgIpc) is 2.94. The number of nitrogens with one attached hydrogen (secondary N) is 2. The van der Waals surface area contributed by atoms with Gasteiger partial charge in [0.1, 0.15) is 0 Å². The van der Waals surface area contributed by atoms with Crippen LogP contribution in [0.4, 0.5) is 5.95 Å². The Bertz CT molecular complexity index is 1070. The summed E-state index contributed by atoms with van der Waals surface area (Å²) in [6.45, 7) is 4.03. The molecule has 0 fully saturated rings. The van der Waals surface area contributed by atoms with Gasteiger partial charge in [0.25, 0.3) is 5.56 Å². The van der Waals surface area contributed by atoms with E-state index in [4.69, 9.17) is 0 Å². The van der Waals surface area contributed by atoms with Crippen molar-refractivity contribution < 1.29 is 0 Å². The number of allylic oxidation sites excluding steroid dienone is 1. The fraction of sp³-hybridized carbons (Fsp3) is 0.125. The highest BCUT2D eigenvalue weighted by Crippen LogP contribution is 2.15. The lowest BCUT2D eigenvalue weighted by Gasteiger charge is -2.04. The Balaban J connectivity index is 2.02. The molecule has 3 aromatic rings. The van der Waals surface area contributed by atoms with Crippen molar-refractivity contribution >= 4 is 39.3 Å². The minimum Gasteiger partial charge on any atom is -0.299 e. The van der Waals surface area contributed by atoms with Gasteiger partial charge in [0.05, 0.1) is 6.21 Å². The number of H-pyrrole nitrogens is 1. The second-order valence-corrected chi connectivity index (χ2v) is 6.16. The van der Waals surface area contributed by atoms with E-state index in [1.807, 2.05) is 24.3 Å². The average molecular weight is 403 g/mol. The van der Waals surface area contributed by atoms with Gasteiger partial charge in [-0.2, -0.15) is 10.1 Å². The summed E-state index contributed by atoms with van der Waals surface area (Å²) in [6, 6.07) is 7.61. The molecule has 2 N–H and O–H groups in total. The first-order valence-corrected chi connectivity index (χ1v) is 8.15. The Morgan fingerprint density at radius 3 is 2.76 bits per heavy atom. The summed E-state index contributed by atoms with van der Waals surface area (Å²) in [5.41, 5.74) is 3.24. The molecule has 0 atom stereocenters. The molecule has 0 amide bonds. The second kappa shape index (κ2) is 6.89. The zero-order valence-corrected chi connectivity index (χ0v) is 14.9. The van der Waals surface area contributed by atoms with Crippen LogP contribution in [0.25, 0.3) is 11.2 Å². The van der Waals surface area contributed by atoms with Gasteiger partial charge in [-0.25, -0.2) is 10.2 Å². The molecule has 0 aliphatic carbocycles. The highest BCUT2D eigenvalue weighted by Gasteiger charge is 2.16. The van der Waals surface area contributed by atoms with Crippen LogP contribution in [0.3, 0.4) is 0 Å². The van der Waals surface area contributed by atoms with Crippen LogP contribution >= 0.6 is 15.9 Å². The number of anilines is 1. The third-order valence-corrected chi connectivity index (χ3v) is 4.10. The number of rotatable bonds is 5. The van der Waals surface area contributed by atoms with Gasteiger partial charge in [-0.3, -0.25) is 18.9 Å². The number of hydrogen-bond donors (Lipinski definition) is 2. The van der Waals surface area contributed by atoms with Crippen LogP contribution in [0.1, 0.15) is 5.56 Å². The van der Waals surface area contributed by atoms with E-state index in [0.717, 1.165) is 10.0 Å². The van der Waals surface area contributed by atoms with Crippen molar-refractivity contribution in [3.05, 3.63) is 67.8 Å². The van der Waals surface area contributed by atoms with Gasteiger partial charge in [0.2, 0.25) is 5.95 Å². The van der Waals surface area contributed by atoms with Gasteiger partial charge in [-0.15, -0.1) is 6.58 Å². The lowest BCUT2D eigenvalue weighted by molar-refractivity contribution is 0.819. The Morgan fingerprint density at radius 2 is 2.08 bits per heavy atom. The number of aryl methyl sites for hydroxylation is 1. The maximum absolute atomic E-state index is 12.2. The van der Waals surface area contributed by atoms with E-state index in [-0.39, 0.29) is 11.2 Å². The fourth-order valence-corrected chi connectivity index (χ4v) is 2.60. The van der Waals surface area contributed by atoms with Crippen LogP contribution in [0, 0.1) is 0 Å². The molecule has 8 nitrogen and oxygen atoms in total. The summed E-state index contributed by atoms with van der Waals surface area (Å²) in [5.74, 6) is 0.343. The van der Waals surface area contributed by atoms with Crippen LogP contribution in [-0.4, -0.2) is 25.3 Å². The molecule has 0 radical (unpaired) electrons. The molecule has 3 rings (SSSR count). The summed E-state index contributed by atoms with van der Waals surface area (Å²) in [7, 11) is 1.54. The zero-order chi connectivity index (χ0) is 18.0. The van der Waals surface area contributed by atoms with Crippen LogP contribution in [0.5, 0.6) is 0 Å².